The highest BCUT2D eigenvalue weighted by molar-refractivity contribution is 6.43. The molecule has 0 aliphatic carbocycles. The maximum atomic E-state index is 12.9. The van der Waals surface area contributed by atoms with Crippen LogP contribution in [-0.2, 0) is 0 Å². The molecule has 0 radical (unpaired) electrons. The first-order valence-corrected chi connectivity index (χ1v) is 6.21. The molecule has 1 heterocycles. The zero-order chi connectivity index (χ0) is 15.6. The van der Waals surface area contributed by atoms with E-state index in [-0.39, 0.29) is 21.4 Å². The van der Waals surface area contributed by atoms with E-state index in [1.807, 2.05) is 0 Å². The molecule has 0 aliphatic rings. The topological polar surface area (TPSA) is 85.1 Å². The van der Waals surface area contributed by atoms with E-state index in [1.165, 1.54) is 18.2 Å². The summed E-state index contributed by atoms with van der Waals surface area (Å²) in [5.41, 5.74) is -0.594. The number of nitrogens with zero attached hydrogens (tertiary/aromatic N) is 2. The molecule has 0 saturated carbocycles. The van der Waals surface area contributed by atoms with Crippen molar-refractivity contribution in [3.63, 3.8) is 0 Å². The third-order valence-electron chi connectivity index (χ3n) is 2.42. The molecule has 21 heavy (non-hydrogen) atoms. The molecule has 1 N–H and O–H groups in total. The lowest BCUT2D eigenvalue weighted by Gasteiger charge is -2.06. The largest absolute Gasteiger partial charge is 0.306 e. The summed E-state index contributed by atoms with van der Waals surface area (Å²) >= 11 is 11.4. The molecular weight excluding hydrogens is 324 g/mol. The fraction of sp³-hybridized carbons (Fsp3) is 0. The van der Waals surface area contributed by atoms with Crippen LogP contribution in [0.5, 0.6) is 0 Å². The van der Waals surface area contributed by atoms with E-state index in [9.17, 15) is 19.3 Å². The average molecular weight is 330 g/mol. The standard InChI is InChI=1S/C12H6Cl2FN3O3/c13-7-4-6(5-8(11(7)14)18(20)21)12(19)17-10-3-1-2-9(15)16-10/h1-5H,(H,16,17,19). The molecule has 6 nitrogen and oxygen atoms in total. The van der Waals surface area contributed by atoms with Gasteiger partial charge in [0, 0.05) is 11.6 Å². The lowest BCUT2D eigenvalue weighted by Crippen LogP contribution is -2.13. The third-order valence-corrected chi connectivity index (χ3v) is 3.22. The first kappa shape index (κ1) is 15.1. The Labute approximate surface area is 127 Å². The molecule has 1 amide bonds. The number of rotatable bonds is 3. The second-order valence-electron chi connectivity index (χ2n) is 3.85. The minimum atomic E-state index is -0.770. The second kappa shape index (κ2) is 6.02. The molecule has 1 aromatic heterocycles. The van der Waals surface area contributed by atoms with E-state index in [2.05, 4.69) is 10.3 Å². The Hall–Kier alpha value is -2.25. The van der Waals surface area contributed by atoms with Gasteiger partial charge in [-0.05, 0) is 18.2 Å². The van der Waals surface area contributed by atoms with Crippen LogP contribution >= 0.6 is 23.2 Å². The van der Waals surface area contributed by atoms with Crippen molar-refractivity contribution in [2.24, 2.45) is 0 Å². The normalized spacial score (nSPS) is 10.2. The Kier molecular flexibility index (Phi) is 4.35. The van der Waals surface area contributed by atoms with Crippen LogP contribution in [0.2, 0.25) is 10.0 Å². The number of nitrogens with one attached hydrogen (secondary N) is 1. The number of anilines is 1. The Morgan fingerprint density at radius 3 is 2.67 bits per heavy atom. The van der Waals surface area contributed by atoms with E-state index >= 15 is 0 Å². The van der Waals surface area contributed by atoms with Gasteiger partial charge in [-0.25, -0.2) is 4.98 Å². The van der Waals surface area contributed by atoms with Gasteiger partial charge in [-0.15, -0.1) is 0 Å². The summed E-state index contributed by atoms with van der Waals surface area (Å²) in [7, 11) is 0. The number of pyridine rings is 1. The van der Waals surface area contributed by atoms with Gasteiger partial charge in [0.25, 0.3) is 11.6 Å². The van der Waals surface area contributed by atoms with Crippen LogP contribution in [0, 0.1) is 16.1 Å². The first-order chi connectivity index (χ1) is 9.88. The quantitative estimate of drug-likeness (QED) is 0.528. The van der Waals surface area contributed by atoms with Crippen LogP contribution < -0.4 is 5.32 Å². The highest BCUT2D eigenvalue weighted by Gasteiger charge is 2.20. The number of benzene rings is 1. The molecule has 108 valence electrons. The number of hydrogen-bond acceptors (Lipinski definition) is 4. The van der Waals surface area contributed by atoms with Crippen LogP contribution in [-0.4, -0.2) is 15.8 Å². The zero-order valence-corrected chi connectivity index (χ0v) is 11.7. The zero-order valence-electron chi connectivity index (χ0n) is 10.1. The van der Waals surface area contributed by atoms with Gasteiger partial charge in [0.15, 0.2) is 0 Å². The van der Waals surface area contributed by atoms with Gasteiger partial charge in [-0.2, -0.15) is 4.39 Å². The SMILES string of the molecule is O=C(Nc1cccc(F)n1)c1cc(Cl)c(Cl)c([N+](=O)[O-])c1. The number of carbonyl (C=O) groups excluding carboxylic acids is 1. The Morgan fingerprint density at radius 1 is 1.33 bits per heavy atom. The van der Waals surface area contributed by atoms with Crippen LogP contribution in [0.15, 0.2) is 30.3 Å². The van der Waals surface area contributed by atoms with Gasteiger partial charge in [0.05, 0.1) is 9.95 Å². The van der Waals surface area contributed by atoms with Crippen molar-refractivity contribution in [1.82, 2.24) is 4.98 Å². The highest BCUT2D eigenvalue weighted by atomic mass is 35.5. The fourth-order valence-corrected chi connectivity index (χ4v) is 1.90. The smallest absolute Gasteiger partial charge is 0.290 e. The minimum absolute atomic E-state index is 0.0336. The number of amides is 1. The monoisotopic (exact) mass is 329 g/mol. The summed E-state index contributed by atoms with van der Waals surface area (Å²) in [6.07, 6.45) is 0. The van der Waals surface area contributed by atoms with Crippen LogP contribution in [0.25, 0.3) is 0 Å². The number of halogens is 3. The fourth-order valence-electron chi connectivity index (χ4n) is 1.50. The lowest BCUT2D eigenvalue weighted by atomic mass is 10.2. The van der Waals surface area contributed by atoms with Crippen molar-refractivity contribution >= 4 is 40.6 Å². The third kappa shape index (κ3) is 3.45. The van der Waals surface area contributed by atoms with Gasteiger partial charge in [-0.3, -0.25) is 14.9 Å². The molecule has 0 saturated heterocycles. The molecular formula is C12H6Cl2FN3O3. The number of carbonyl (C=O) groups is 1. The summed E-state index contributed by atoms with van der Waals surface area (Å²) in [5, 5.41) is 12.7. The van der Waals surface area contributed by atoms with Gasteiger partial charge in [0.2, 0.25) is 5.95 Å². The van der Waals surface area contributed by atoms with E-state index in [1.54, 1.807) is 0 Å². The van der Waals surface area contributed by atoms with Crippen molar-refractivity contribution in [3.8, 4) is 0 Å². The molecule has 0 unspecified atom stereocenters. The van der Waals surface area contributed by atoms with Gasteiger partial charge in [0.1, 0.15) is 10.8 Å². The number of nitro benzene ring substituents is 1. The number of aromatic nitrogens is 1. The van der Waals surface area contributed by atoms with Crippen LogP contribution in [0.4, 0.5) is 15.9 Å². The molecule has 9 heteroatoms. The molecule has 0 aliphatic heterocycles. The Balaban J connectivity index is 2.33. The maximum Gasteiger partial charge on any atom is 0.290 e. The number of hydrogen-bond donors (Lipinski definition) is 1. The Bertz CT molecular complexity index is 740. The molecule has 0 atom stereocenters. The van der Waals surface area contributed by atoms with Gasteiger partial charge >= 0.3 is 0 Å². The first-order valence-electron chi connectivity index (χ1n) is 5.46. The van der Waals surface area contributed by atoms with E-state index in [0.717, 1.165) is 12.1 Å². The van der Waals surface area contributed by atoms with E-state index in [0.29, 0.717) is 0 Å². The van der Waals surface area contributed by atoms with E-state index < -0.39 is 22.5 Å². The van der Waals surface area contributed by atoms with Crippen molar-refractivity contribution in [2.75, 3.05) is 5.32 Å². The molecule has 1 aromatic carbocycles. The summed E-state index contributed by atoms with van der Waals surface area (Å²) in [6, 6.07) is 5.98. The van der Waals surface area contributed by atoms with Crippen molar-refractivity contribution in [1.29, 1.82) is 0 Å². The summed E-state index contributed by atoms with van der Waals surface area (Å²) < 4.78 is 12.9. The molecule has 0 bridgehead atoms. The highest BCUT2D eigenvalue weighted by Crippen LogP contribution is 2.33. The predicted molar refractivity (Wildman–Crippen MR) is 75.3 cm³/mol. The van der Waals surface area contributed by atoms with Crippen molar-refractivity contribution in [3.05, 3.63) is 62.0 Å². The lowest BCUT2D eigenvalue weighted by molar-refractivity contribution is -0.384. The maximum absolute atomic E-state index is 12.9. The van der Waals surface area contributed by atoms with Crippen LogP contribution in [0.3, 0.4) is 0 Å². The average Bonchev–Trinajstić information content (AvgIpc) is 2.41. The van der Waals surface area contributed by atoms with Crippen molar-refractivity contribution < 1.29 is 14.1 Å². The van der Waals surface area contributed by atoms with Crippen LogP contribution in [0.1, 0.15) is 10.4 Å². The van der Waals surface area contributed by atoms with Crippen molar-refractivity contribution in [2.45, 2.75) is 0 Å². The summed E-state index contributed by atoms with van der Waals surface area (Å²) in [4.78, 5) is 25.5. The van der Waals surface area contributed by atoms with Gasteiger partial charge in [-0.1, -0.05) is 29.3 Å². The molecule has 2 aromatic rings. The van der Waals surface area contributed by atoms with E-state index in [4.69, 9.17) is 23.2 Å². The molecule has 0 fully saturated rings. The minimum Gasteiger partial charge on any atom is -0.306 e. The number of nitro groups is 1. The summed E-state index contributed by atoms with van der Waals surface area (Å²) in [6.45, 7) is 0. The Morgan fingerprint density at radius 2 is 2.05 bits per heavy atom. The molecule has 2 rings (SSSR count). The predicted octanol–water partition coefficient (Wildman–Crippen LogP) is 3.69. The summed E-state index contributed by atoms with van der Waals surface area (Å²) in [5.74, 6) is -1.53. The van der Waals surface area contributed by atoms with Gasteiger partial charge < -0.3 is 5.32 Å². The second-order valence-corrected chi connectivity index (χ2v) is 4.63. The molecule has 0 spiro atoms.